The van der Waals surface area contributed by atoms with Gasteiger partial charge >= 0.3 is 5.30 Å². The van der Waals surface area contributed by atoms with Crippen molar-refractivity contribution < 1.29 is 17.9 Å². The van der Waals surface area contributed by atoms with Crippen molar-refractivity contribution >= 4 is 49.4 Å². The lowest BCUT2D eigenvalue weighted by Crippen LogP contribution is -1.93. The van der Waals surface area contributed by atoms with E-state index in [-0.39, 0.29) is 5.30 Å². The highest BCUT2D eigenvalue weighted by Gasteiger charge is 1.92. The van der Waals surface area contributed by atoms with Crippen molar-refractivity contribution in [3.05, 3.63) is 0 Å². The number of hydrogen-bond donors (Lipinski definition) is 2. The number of halogens is 1. The molecule has 0 aliphatic rings. The zero-order valence-electron chi connectivity index (χ0n) is 10.1. The molecule has 0 aromatic carbocycles. The lowest BCUT2D eigenvalue weighted by molar-refractivity contribution is 0.181. The first-order valence-electron chi connectivity index (χ1n) is 3.94. The highest BCUT2D eigenvalue weighted by Crippen LogP contribution is 1.96. The molecule has 0 heterocycles. The molecule has 2 N–H and O–H groups in total. The summed E-state index contributed by atoms with van der Waals surface area (Å²) >= 11 is 4.62. The Morgan fingerprint density at radius 3 is 1.75 bits per heavy atom. The van der Waals surface area contributed by atoms with Crippen LogP contribution in [0.25, 0.3) is 0 Å². The molecule has 0 saturated heterocycles. The van der Waals surface area contributed by atoms with Crippen LogP contribution >= 0.6 is 35.1 Å². The molecule has 102 valence electrons. The fourth-order valence-corrected chi connectivity index (χ4v) is 0.412. The Bertz CT molecular complexity index is 214. The van der Waals surface area contributed by atoms with Crippen LogP contribution in [0.15, 0.2) is 0 Å². The van der Waals surface area contributed by atoms with Crippen LogP contribution in [0, 0.1) is 0 Å². The Balaban J connectivity index is -0.0000000704. The highest BCUT2D eigenvalue weighted by molar-refractivity contribution is 8.13. The van der Waals surface area contributed by atoms with Gasteiger partial charge in [0, 0.05) is 10.7 Å². The SMILES string of the molecule is CCOC(=O)SC.CN.CS.CS(=O)(=O)Cl. The summed E-state index contributed by atoms with van der Waals surface area (Å²) < 4.78 is 23.3. The number of thioether (sulfide) groups is 1. The summed E-state index contributed by atoms with van der Waals surface area (Å²) in [5, 5.41) is -0.206. The van der Waals surface area contributed by atoms with E-state index in [1.54, 1.807) is 19.4 Å². The monoisotopic (exact) mass is 313 g/mol. The Morgan fingerprint density at radius 2 is 1.69 bits per heavy atom. The summed E-state index contributed by atoms with van der Waals surface area (Å²) in [6, 6.07) is 0. The zero-order chi connectivity index (χ0) is 14.2. The minimum absolute atomic E-state index is 0.206. The van der Waals surface area contributed by atoms with E-state index < -0.39 is 9.05 Å². The molecular formula is C7H20ClNO4S3. The highest BCUT2D eigenvalue weighted by atomic mass is 35.7. The first-order valence-corrected chi connectivity index (χ1v) is 8.77. The largest absolute Gasteiger partial charge is 0.458 e. The van der Waals surface area contributed by atoms with Crippen molar-refractivity contribution in [1.29, 1.82) is 0 Å². The molecule has 0 aromatic rings. The molecule has 16 heavy (non-hydrogen) atoms. The fraction of sp³-hybridized carbons (Fsp3) is 0.857. The van der Waals surface area contributed by atoms with E-state index in [2.05, 4.69) is 33.8 Å². The van der Waals surface area contributed by atoms with E-state index in [0.717, 1.165) is 18.0 Å². The maximum Gasteiger partial charge on any atom is 0.367 e. The maximum absolute atomic E-state index is 10.2. The van der Waals surface area contributed by atoms with Crippen LogP contribution in [0.2, 0.25) is 0 Å². The number of rotatable bonds is 1. The first-order chi connectivity index (χ1) is 7.31. The number of carbonyl (C=O) groups excluding carboxylic acids is 1. The number of ether oxygens (including phenoxy) is 1. The number of hydrogen-bond acceptors (Lipinski definition) is 7. The van der Waals surface area contributed by atoms with E-state index in [0.29, 0.717) is 6.61 Å². The number of nitrogens with two attached hydrogens (primary N) is 1. The summed E-state index contributed by atoms with van der Waals surface area (Å²) in [6.07, 6.45) is 4.31. The molecular weight excluding hydrogens is 294 g/mol. The quantitative estimate of drug-likeness (QED) is 0.436. The van der Waals surface area contributed by atoms with Crippen molar-refractivity contribution in [2.75, 3.05) is 32.4 Å². The van der Waals surface area contributed by atoms with E-state index >= 15 is 0 Å². The second-order valence-corrected chi connectivity index (χ2v) is 5.36. The van der Waals surface area contributed by atoms with Gasteiger partial charge in [-0.05, 0) is 38.2 Å². The maximum atomic E-state index is 10.2. The normalized spacial score (nSPS) is 8.00. The number of thiol groups is 1. The fourth-order valence-electron chi connectivity index (χ4n) is 0.177. The third-order valence-corrected chi connectivity index (χ3v) is 0.880. The van der Waals surface area contributed by atoms with Gasteiger partial charge in [-0.15, -0.1) is 0 Å². The van der Waals surface area contributed by atoms with Crippen LogP contribution in [-0.4, -0.2) is 46.1 Å². The van der Waals surface area contributed by atoms with Gasteiger partial charge < -0.3 is 10.5 Å². The first kappa shape index (κ1) is 25.3. The van der Waals surface area contributed by atoms with Gasteiger partial charge in [0.05, 0.1) is 12.9 Å². The van der Waals surface area contributed by atoms with Crippen LogP contribution in [0.3, 0.4) is 0 Å². The van der Waals surface area contributed by atoms with Crippen LogP contribution in [-0.2, 0) is 13.8 Å². The van der Waals surface area contributed by atoms with Crippen molar-refractivity contribution in [2.24, 2.45) is 5.73 Å². The molecule has 0 rings (SSSR count). The molecule has 0 unspecified atom stereocenters. The van der Waals surface area contributed by atoms with Gasteiger partial charge in [0.1, 0.15) is 0 Å². The second-order valence-electron chi connectivity index (χ2n) is 1.57. The van der Waals surface area contributed by atoms with Crippen LogP contribution < -0.4 is 5.73 Å². The Morgan fingerprint density at radius 1 is 1.44 bits per heavy atom. The molecule has 0 fully saturated rings. The van der Waals surface area contributed by atoms with E-state index in [1.165, 1.54) is 7.05 Å². The Labute approximate surface area is 112 Å². The van der Waals surface area contributed by atoms with Crippen LogP contribution in [0.4, 0.5) is 4.79 Å². The minimum Gasteiger partial charge on any atom is -0.458 e. The van der Waals surface area contributed by atoms with Crippen molar-refractivity contribution in [1.82, 2.24) is 0 Å². The summed E-state index contributed by atoms with van der Waals surface area (Å²) in [6.45, 7) is 2.26. The Hall–Kier alpha value is 0.370. The Kier molecular flexibility index (Phi) is 32.8. The topological polar surface area (TPSA) is 86.5 Å². The van der Waals surface area contributed by atoms with E-state index in [1.807, 2.05) is 0 Å². The van der Waals surface area contributed by atoms with Crippen molar-refractivity contribution in [2.45, 2.75) is 6.92 Å². The summed E-state index contributed by atoms with van der Waals surface area (Å²) in [7, 11) is 2.81. The minimum atomic E-state index is -3.19. The van der Waals surface area contributed by atoms with E-state index in [4.69, 9.17) is 0 Å². The summed E-state index contributed by atoms with van der Waals surface area (Å²) in [5.74, 6) is 0. The molecule has 0 aliphatic heterocycles. The van der Waals surface area contributed by atoms with Crippen molar-refractivity contribution in [3.63, 3.8) is 0 Å². The predicted octanol–water partition coefficient (Wildman–Crippen LogP) is 1.81. The summed E-state index contributed by atoms with van der Waals surface area (Å²) in [4.78, 5) is 10.2. The molecule has 0 atom stereocenters. The molecule has 0 amide bonds. The standard InChI is InChI=1S/C4H8O2S.CH3ClO2S.CH5N.CH4S/c1-3-6-4(5)7-2;1-5(2,3)4;2*1-2/h3H2,1-2H3;1H3;2H2,1H3;2H,1H3. The third-order valence-electron chi connectivity index (χ3n) is 0.429. The lowest BCUT2D eigenvalue weighted by atomic mass is 10.9. The third kappa shape index (κ3) is 89.1. The molecule has 0 spiro atoms. The van der Waals surface area contributed by atoms with Crippen LogP contribution in [0.1, 0.15) is 6.92 Å². The van der Waals surface area contributed by atoms with E-state index in [9.17, 15) is 13.2 Å². The van der Waals surface area contributed by atoms with Gasteiger partial charge in [-0.25, -0.2) is 13.2 Å². The molecule has 0 saturated carbocycles. The molecule has 5 nitrogen and oxygen atoms in total. The lowest BCUT2D eigenvalue weighted by Gasteiger charge is -1.92. The average molecular weight is 314 g/mol. The van der Waals surface area contributed by atoms with Crippen molar-refractivity contribution in [3.8, 4) is 0 Å². The average Bonchev–Trinajstić information content (AvgIpc) is 2.22. The van der Waals surface area contributed by atoms with Gasteiger partial charge in [0.25, 0.3) is 0 Å². The molecule has 0 bridgehead atoms. The smallest absolute Gasteiger partial charge is 0.367 e. The van der Waals surface area contributed by atoms with Gasteiger partial charge in [-0.2, -0.15) is 12.6 Å². The van der Waals surface area contributed by atoms with Gasteiger partial charge in [-0.1, -0.05) is 0 Å². The molecule has 0 radical (unpaired) electrons. The molecule has 0 aliphatic carbocycles. The molecule has 9 heteroatoms. The summed E-state index contributed by atoms with van der Waals surface area (Å²) in [5.41, 5.74) is 4.50. The molecule has 0 aromatic heterocycles. The van der Waals surface area contributed by atoms with Gasteiger partial charge in [0.15, 0.2) is 0 Å². The van der Waals surface area contributed by atoms with Gasteiger partial charge in [-0.3, -0.25) is 0 Å². The van der Waals surface area contributed by atoms with Gasteiger partial charge in [0.2, 0.25) is 9.05 Å². The second kappa shape index (κ2) is 20.7. The number of carbonyl (C=O) groups is 1. The van der Waals surface area contributed by atoms with Crippen LogP contribution in [0.5, 0.6) is 0 Å². The zero-order valence-corrected chi connectivity index (χ0v) is 13.3. The predicted molar refractivity (Wildman–Crippen MR) is 76.3 cm³/mol.